The highest BCUT2D eigenvalue weighted by Gasteiger charge is 1.98. The molecule has 1 heterocycles. The van der Waals surface area contributed by atoms with Crippen LogP contribution in [0.5, 0.6) is 0 Å². The quantitative estimate of drug-likeness (QED) is 0.624. The van der Waals surface area contributed by atoms with E-state index < -0.39 is 0 Å². The monoisotopic (exact) mass is 169 g/mol. The first-order valence-corrected chi connectivity index (χ1v) is 3.57. The van der Waals surface area contributed by atoms with Crippen LogP contribution in [0, 0.1) is 5.82 Å². The molecule has 0 spiro atoms. The van der Waals surface area contributed by atoms with Crippen molar-refractivity contribution in [2.45, 2.75) is 0 Å². The van der Waals surface area contributed by atoms with Crippen molar-refractivity contribution in [1.29, 1.82) is 0 Å². The van der Waals surface area contributed by atoms with Gasteiger partial charge in [-0.1, -0.05) is 11.6 Å². The number of H-pyrrole nitrogens is 1. The second-order valence-corrected chi connectivity index (χ2v) is 2.76. The summed E-state index contributed by atoms with van der Waals surface area (Å²) in [4.78, 5) is 2.88. The molecule has 0 aliphatic heterocycles. The molecule has 1 N–H and O–H groups in total. The van der Waals surface area contributed by atoms with E-state index in [0.29, 0.717) is 5.15 Å². The summed E-state index contributed by atoms with van der Waals surface area (Å²) in [7, 11) is 0. The standard InChI is InChI=1S/C8H5ClFN/c9-8-4-5-3-6(10)1-2-7(5)11-8/h1-4,11H. The summed E-state index contributed by atoms with van der Waals surface area (Å²) in [6, 6.07) is 6.20. The molecule has 0 aliphatic carbocycles. The summed E-state index contributed by atoms with van der Waals surface area (Å²) < 4.78 is 12.6. The Kier molecular flexibility index (Phi) is 1.36. The zero-order valence-electron chi connectivity index (χ0n) is 5.57. The lowest BCUT2D eigenvalue weighted by Gasteiger charge is -1.87. The lowest BCUT2D eigenvalue weighted by atomic mass is 10.2. The summed E-state index contributed by atoms with van der Waals surface area (Å²) in [5.41, 5.74) is 0.858. The van der Waals surface area contributed by atoms with Gasteiger partial charge < -0.3 is 4.98 Å². The van der Waals surface area contributed by atoms with Gasteiger partial charge in [0.15, 0.2) is 0 Å². The molecule has 0 bridgehead atoms. The van der Waals surface area contributed by atoms with Crippen LogP contribution in [0.25, 0.3) is 10.9 Å². The molecule has 0 amide bonds. The van der Waals surface area contributed by atoms with E-state index in [1.54, 1.807) is 12.1 Å². The molecule has 1 aromatic heterocycles. The molecule has 0 unspecified atom stereocenters. The Hall–Kier alpha value is -1.02. The molecular formula is C8H5ClFN. The zero-order valence-corrected chi connectivity index (χ0v) is 6.32. The second kappa shape index (κ2) is 2.24. The van der Waals surface area contributed by atoms with E-state index in [4.69, 9.17) is 11.6 Å². The van der Waals surface area contributed by atoms with Crippen molar-refractivity contribution in [3.05, 3.63) is 35.2 Å². The molecule has 0 saturated heterocycles. The van der Waals surface area contributed by atoms with E-state index >= 15 is 0 Å². The van der Waals surface area contributed by atoms with Gasteiger partial charge in [-0.3, -0.25) is 0 Å². The van der Waals surface area contributed by atoms with Gasteiger partial charge in [0.1, 0.15) is 11.0 Å². The highest BCUT2D eigenvalue weighted by atomic mass is 35.5. The minimum absolute atomic E-state index is 0.242. The van der Waals surface area contributed by atoms with Crippen LogP contribution in [0.3, 0.4) is 0 Å². The predicted molar refractivity (Wildman–Crippen MR) is 43.3 cm³/mol. The van der Waals surface area contributed by atoms with Crippen LogP contribution < -0.4 is 0 Å². The molecule has 2 aromatic rings. The highest BCUT2D eigenvalue weighted by Crippen LogP contribution is 2.18. The van der Waals surface area contributed by atoms with Crippen LogP contribution in [0.4, 0.5) is 4.39 Å². The van der Waals surface area contributed by atoms with Crippen molar-refractivity contribution in [3.8, 4) is 0 Å². The topological polar surface area (TPSA) is 15.8 Å². The maximum Gasteiger partial charge on any atom is 0.123 e. The molecule has 0 radical (unpaired) electrons. The Morgan fingerprint density at radius 3 is 2.91 bits per heavy atom. The number of halogens is 2. The molecule has 0 saturated carbocycles. The second-order valence-electron chi connectivity index (χ2n) is 2.35. The average molecular weight is 170 g/mol. The minimum atomic E-state index is -0.242. The third-order valence-electron chi connectivity index (χ3n) is 1.55. The summed E-state index contributed by atoms with van der Waals surface area (Å²) >= 11 is 5.66. The normalized spacial score (nSPS) is 10.7. The van der Waals surface area contributed by atoms with E-state index in [1.165, 1.54) is 12.1 Å². The zero-order chi connectivity index (χ0) is 7.84. The summed E-state index contributed by atoms with van der Waals surface area (Å²) in [6.07, 6.45) is 0. The van der Waals surface area contributed by atoms with Crippen molar-refractivity contribution < 1.29 is 4.39 Å². The molecule has 2 rings (SSSR count). The molecule has 0 atom stereocenters. The van der Waals surface area contributed by atoms with E-state index in [2.05, 4.69) is 4.98 Å². The van der Waals surface area contributed by atoms with Crippen molar-refractivity contribution in [2.75, 3.05) is 0 Å². The Morgan fingerprint density at radius 1 is 1.27 bits per heavy atom. The van der Waals surface area contributed by atoms with Crippen molar-refractivity contribution in [1.82, 2.24) is 4.98 Å². The van der Waals surface area contributed by atoms with Crippen LogP contribution in [-0.4, -0.2) is 4.98 Å². The third-order valence-corrected chi connectivity index (χ3v) is 1.75. The average Bonchev–Trinajstić information content (AvgIpc) is 2.27. The number of fused-ring (bicyclic) bond motifs is 1. The Bertz CT molecular complexity index is 394. The van der Waals surface area contributed by atoms with Gasteiger partial charge in [0.2, 0.25) is 0 Å². The predicted octanol–water partition coefficient (Wildman–Crippen LogP) is 2.96. The number of hydrogen-bond acceptors (Lipinski definition) is 0. The highest BCUT2D eigenvalue weighted by molar-refractivity contribution is 6.30. The summed E-state index contributed by atoms with van der Waals surface area (Å²) in [5, 5.41) is 1.33. The van der Waals surface area contributed by atoms with Crippen LogP contribution in [0.1, 0.15) is 0 Å². The van der Waals surface area contributed by atoms with E-state index in [0.717, 1.165) is 10.9 Å². The Balaban J connectivity index is 2.82. The van der Waals surface area contributed by atoms with Crippen molar-refractivity contribution in [2.24, 2.45) is 0 Å². The minimum Gasteiger partial charge on any atom is -0.346 e. The molecule has 0 aliphatic rings. The van der Waals surface area contributed by atoms with Crippen LogP contribution >= 0.6 is 11.6 Å². The number of hydrogen-bond donors (Lipinski definition) is 1. The van der Waals surface area contributed by atoms with Gasteiger partial charge in [0, 0.05) is 10.9 Å². The molecule has 1 nitrogen and oxygen atoms in total. The Labute approximate surface area is 67.8 Å². The third kappa shape index (κ3) is 1.10. The SMILES string of the molecule is Fc1ccc2[nH]c(Cl)cc2c1. The van der Waals surface area contributed by atoms with Gasteiger partial charge in [0.25, 0.3) is 0 Å². The van der Waals surface area contributed by atoms with Crippen molar-refractivity contribution in [3.63, 3.8) is 0 Å². The fourth-order valence-electron chi connectivity index (χ4n) is 1.07. The van der Waals surface area contributed by atoms with Gasteiger partial charge in [-0.2, -0.15) is 0 Å². The lowest BCUT2D eigenvalue weighted by molar-refractivity contribution is 0.630. The lowest BCUT2D eigenvalue weighted by Crippen LogP contribution is -1.70. The van der Waals surface area contributed by atoms with Crippen molar-refractivity contribution >= 4 is 22.5 Å². The fraction of sp³-hybridized carbons (Fsp3) is 0. The first-order valence-electron chi connectivity index (χ1n) is 3.19. The maximum absolute atomic E-state index is 12.6. The smallest absolute Gasteiger partial charge is 0.123 e. The number of aromatic nitrogens is 1. The number of nitrogens with one attached hydrogen (secondary N) is 1. The van der Waals surface area contributed by atoms with Gasteiger partial charge in [-0.05, 0) is 24.3 Å². The van der Waals surface area contributed by atoms with Gasteiger partial charge in [0.05, 0.1) is 0 Å². The van der Waals surface area contributed by atoms with Gasteiger partial charge >= 0.3 is 0 Å². The number of rotatable bonds is 0. The summed E-state index contributed by atoms with van der Waals surface area (Å²) in [6.45, 7) is 0. The summed E-state index contributed by atoms with van der Waals surface area (Å²) in [5.74, 6) is -0.242. The Morgan fingerprint density at radius 2 is 2.09 bits per heavy atom. The number of aromatic amines is 1. The van der Waals surface area contributed by atoms with Gasteiger partial charge in [-0.25, -0.2) is 4.39 Å². The molecule has 0 fully saturated rings. The van der Waals surface area contributed by atoms with E-state index in [9.17, 15) is 4.39 Å². The van der Waals surface area contributed by atoms with E-state index in [-0.39, 0.29) is 5.82 Å². The van der Waals surface area contributed by atoms with Crippen LogP contribution in [-0.2, 0) is 0 Å². The molecule has 3 heteroatoms. The number of benzene rings is 1. The van der Waals surface area contributed by atoms with Gasteiger partial charge in [-0.15, -0.1) is 0 Å². The van der Waals surface area contributed by atoms with E-state index in [1.807, 2.05) is 0 Å². The molecule has 11 heavy (non-hydrogen) atoms. The van der Waals surface area contributed by atoms with Crippen LogP contribution in [0.2, 0.25) is 5.15 Å². The van der Waals surface area contributed by atoms with Crippen LogP contribution in [0.15, 0.2) is 24.3 Å². The molecule has 1 aromatic carbocycles. The molecule has 56 valence electrons. The first-order chi connectivity index (χ1) is 5.25. The molecular weight excluding hydrogens is 165 g/mol. The maximum atomic E-state index is 12.6. The largest absolute Gasteiger partial charge is 0.346 e. The fourth-order valence-corrected chi connectivity index (χ4v) is 1.29. The first kappa shape index (κ1) is 6.68.